The molecule has 4 nitrogen and oxygen atoms in total. The number of carbonyl (C=O) groups excluding carboxylic acids is 2. The molecule has 1 aromatic carbocycles. The van der Waals surface area contributed by atoms with Crippen LogP contribution in [-0.2, 0) is 20.7 Å². The number of esters is 1. The number of hydrogen-bond donors (Lipinski definition) is 0. The third-order valence-electron chi connectivity index (χ3n) is 2.46. The maximum atomic E-state index is 11.8. The molecule has 0 aliphatic rings. The molecular weight excluding hydrogens is 218 g/mol. The Morgan fingerprint density at radius 1 is 1.35 bits per heavy atom. The molecule has 4 heteroatoms. The van der Waals surface area contributed by atoms with E-state index in [2.05, 4.69) is 4.74 Å². The second kappa shape index (κ2) is 6.03. The monoisotopic (exact) mass is 235 g/mol. The van der Waals surface area contributed by atoms with Crippen LogP contribution in [0.4, 0.5) is 0 Å². The largest absolute Gasteiger partial charge is 0.468 e. The summed E-state index contributed by atoms with van der Waals surface area (Å²) >= 11 is 0. The number of carbonyl (C=O) groups is 2. The zero-order chi connectivity index (χ0) is 12.8. The van der Waals surface area contributed by atoms with E-state index in [0.717, 1.165) is 11.1 Å². The van der Waals surface area contributed by atoms with Crippen LogP contribution in [0.2, 0.25) is 0 Å². The summed E-state index contributed by atoms with van der Waals surface area (Å²) in [5.41, 5.74) is 2.07. The van der Waals surface area contributed by atoms with Crippen molar-refractivity contribution in [3.63, 3.8) is 0 Å². The lowest BCUT2D eigenvalue weighted by Crippen LogP contribution is -2.33. The van der Waals surface area contributed by atoms with Crippen LogP contribution in [0.3, 0.4) is 0 Å². The van der Waals surface area contributed by atoms with E-state index in [1.165, 1.54) is 12.0 Å². The van der Waals surface area contributed by atoms with Crippen LogP contribution in [-0.4, -0.2) is 37.5 Å². The third kappa shape index (κ3) is 4.26. The molecule has 0 heterocycles. The van der Waals surface area contributed by atoms with Crippen LogP contribution in [0.25, 0.3) is 0 Å². The van der Waals surface area contributed by atoms with Gasteiger partial charge in [0.2, 0.25) is 5.91 Å². The second-order valence-electron chi connectivity index (χ2n) is 3.99. The number of nitrogens with zero attached hydrogens (tertiary/aromatic N) is 1. The molecule has 1 aromatic rings. The molecule has 0 aliphatic carbocycles. The molecule has 0 unspecified atom stereocenters. The summed E-state index contributed by atoms with van der Waals surface area (Å²) in [6.07, 6.45) is 0.301. The van der Waals surface area contributed by atoms with Crippen molar-refractivity contribution in [1.82, 2.24) is 4.90 Å². The van der Waals surface area contributed by atoms with E-state index in [0.29, 0.717) is 6.42 Å². The molecule has 17 heavy (non-hydrogen) atoms. The second-order valence-corrected chi connectivity index (χ2v) is 3.99. The highest BCUT2D eigenvalue weighted by molar-refractivity contribution is 5.83. The van der Waals surface area contributed by atoms with Gasteiger partial charge in [-0.05, 0) is 12.5 Å². The first-order valence-corrected chi connectivity index (χ1v) is 5.39. The maximum Gasteiger partial charge on any atom is 0.325 e. The zero-order valence-corrected chi connectivity index (χ0v) is 10.4. The van der Waals surface area contributed by atoms with E-state index in [9.17, 15) is 9.59 Å². The average Bonchev–Trinajstić information content (AvgIpc) is 2.28. The quantitative estimate of drug-likeness (QED) is 0.736. The number of rotatable bonds is 4. The van der Waals surface area contributed by atoms with Crippen molar-refractivity contribution in [2.24, 2.45) is 0 Å². The predicted molar refractivity (Wildman–Crippen MR) is 64.5 cm³/mol. The molecular formula is C13H17NO3. The summed E-state index contributed by atoms with van der Waals surface area (Å²) in [5, 5.41) is 0. The van der Waals surface area contributed by atoms with E-state index in [-0.39, 0.29) is 12.5 Å². The molecule has 0 atom stereocenters. The van der Waals surface area contributed by atoms with Gasteiger partial charge in [-0.2, -0.15) is 0 Å². The van der Waals surface area contributed by atoms with Crippen LogP contribution in [0.5, 0.6) is 0 Å². The van der Waals surface area contributed by atoms with Gasteiger partial charge in [-0.3, -0.25) is 9.59 Å². The van der Waals surface area contributed by atoms with Crippen LogP contribution in [0.15, 0.2) is 24.3 Å². The van der Waals surface area contributed by atoms with Gasteiger partial charge in [-0.25, -0.2) is 0 Å². The Labute approximate surface area is 101 Å². The summed E-state index contributed by atoms with van der Waals surface area (Å²) in [6.45, 7) is 1.97. The van der Waals surface area contributed by atoms with E-state index in [1.807, 2.05) is 31.2 Å². The zero-order valence-electron chi connectivity index (χ0n) is 10.4. The summed E-state index contributed by atoms with van der Waals surface area (Å²) in [4.78, 5) is 24.2. The third-order valence-corrected chi connectivity index (χ3v) is 2.46. The van der Waals surface area contributed by atoms with E-state index < -0.39 is 5.97 Å². The Morgan fingerprint density at radius 2 is 2.06 bits per heavy atom. The summed E-state index contributed by atoms with van der Waals surface area (Å²) in [5.74, 6) is -0.508. The number of amides is 1. The van der Waals surface area contributed by atoms with Crippen molar-refractivity contribution < 1.29 is 14.3 Å². The predicted octanol–water partition coefficient (Wildman–Crippen LogP) is 1.17. The topological polar surface area (TPSA) is 46.6 Å². The number of methoxy groups -OCH3 is 1. The van der Waals surface area contributed by atoms with Gasteiger partial charge in [-0.1, -0.05) is 29.8 Å². The minimum Gasteiger partial charge on any atom is -0.468 e. The first-order valence-electron chi connectivity index (χ1n) is 5.39. The van der Waals surface area contributed by atoms with Gasteiger partial charge >= 0.3 is 5.97 Å². The van der Waals surface area contributed by atoms with Crippen LogP contribution < -0.4 is 0 Å². The normalized spacial score (nSPS) is 9.82. The fourth-order valence-corrected chi connectivity index (χ4v) is 1.48. The summed E-state index contributed by atoms with van der Waals surface area (Å²) in [6, 6.07) is 7.76. The molecule has 0 bridgehead atoms. The van der Waals surface area contributed by atoms with Crippen LogP contribution >= 0.6 is 0 Å². The van der Waals surface area contributed by atoms with Crippen molar-refractivity contribution in [3.05, 3.63) is 35.4 Å². The molecule has 1 amide bonds. The summed E-state index contributed by atoms with van der Waals surface area (Å²) in [7, 11) is 2.90. The van der Waals surface area contributed by atoms with Gasteiger partial charge in [-0.15, -0.1) is 0 Å². The highest BCUT2D eigenvalue weighted by Crippen LogP contribution is 2.06. The number of hydrogen-bond acceptors (Lipinski definition) is 3. The number of benzene rings is 1. The van der Waals surface area contributed by atoms with Gasteiger partial charge in [0.05, 0.1) is 13.5 Å². The van der Waals surface area contributed by atoms with Crippen LogP contribution in [0, 0.1) is 6.92 Å². The molecule has 0 aliphatic heterocycles. The van der Waals surface area contributed by atoms with E-state index in [4.69, 9.17) is 0 Å². The van der Waals surface area contributed by atoms with Gasteiger partial charge in [0.1, 0.15) is 6.54 Å². The summed E-state index contributed by atoms with van der Waals surface area (Å²) < 4.78 is 4.51. The smallest absolute Gasteiger partial charge is 0.325 e. The Hall–Kier alpha value is -1.84. The van der Waals surface area contributed by atoms with Gasteiger partial charge in [0.25, 0.3) is 0 Å². The Morgan fingerprint density at radius 3 is 2.65 bits per heavy atom. The molecule has 0 saturated carbocycles. The van der Waals surface area contributed by atoms with Crippen LogP contribution in [0.1, 0.15) is 11.1 Å². The van der Waals surface area contributed by atoms with Crippen molar-refractivity contribution in [2.75, 3.05) is 20.7 Å². The fraction of sp³-hybridized carbons (Fsp3) is 0.385. The first-order chi connectivity index (χ1) is 8.02. The molecule has 0 spiro atoms. The Balaban J connectivity index is 2.57. The van der Waals surface area contributed by atoms with Crippen molar-refractivity contribution in [3.8, 4) is 0 Å². The minimum atomic E-state index is -0.412. The SMILES string of the molecule is COC(=O)CN(C)C(=O)Cc1cccc(C)c1. The molecule has 92 valence electrons. The number of aryl methyl sites for hydroxylation is 1. The molecule has 0 fully saturated rings. The van der Waals surface area contributed by atoms with E-state index in [1.54, 1.807) is 7.05 Å². The molecule has 0 saturated heterocycles. The lowest BCUT2D eigenvalue weighted by Gasteiger charge is -2.15. The van der Waals surface area contributed by atoms with Gasteiger partial charge in [0.15, 0.2) is 0 Å². The van der Waals surface area contributed by atoms with E-state index >= 15 is 0 Å². The number of likely N-dealkylation sites (N-methyl/N-ethyl adjacent to an activating group) is 1. The Kier molecular flexibility index (Phi) is 4.69. The first kappa shape index (κ1) is 13.2. The molecule has 0 radical (unpaired) electrons. The molecule has 0 aromatic heterocycles. The van der Waals surface area contributed by atoms with Gasteiger partial charge < -0.3 is 9.64 Å². The highest BCUT2D eigenvalue weighted by Gasteiger charge is 2.13. The minimum absolute atomic E-state index is 0.0127. The standard InChI is InChI=1S/C13H17NO3/c1-10-5-4-6-11(7-10)8-12(15)14(2)9-13(16)17-3/h4-7H,8-9H2,1-3H3. The lowest BCUT2D eigenvalue weighted by molar-refractivity contribution is -0.145. The van der Waals surface area contributed by atoms with Crippen molar-refractivity contribution in [1.29, 1.82) is 0 Å². The fourth-order valence-electron chi connectivity index (χ4n) is 1.48. The average molecular weight is 235 g/mol. The number of ether oxygens (including phenoxy) is 1. The Bertz CT molecular complexity index is 415. The van der Waals surface area contributed by atoms with Crippen molar-refractivity contribution >= 4 is 11.9 Å². The maximum absolute atomic E-state index is 11.8. The highest BCUT2D eigenvalue weighted by atomic mass is 16.5. The lowest BCUT2D eigenvalue weighted by atomic mass is 10.1. The van der Waals surface area contributed by atoms with Gasteiger partial charge in [0, 0.05) is 7.05 Å². The molecule has 1 rings (SSSR count). The van der Waals surface area contributed by atoms with Crippen molar-refractivity contribution in [2.45, 2.75) is 13.3 Å². The molecule has 0 N–H and O–H groups in total.